The standard InChI is InChI=1S/C23H20BrCl3N2O3/c24-15-4-6-21(20(27)12-15)31-14-16-5-7-22(32-16)23(30)29-10-8-28(9-11-29)13-17-18(25)2-1-3-19(17)26/h1-7,12H,8-11,13-14H2. The number of ether oxygens (including phenoxy) is 1. The summed E-state index contributed by atoms with van der Waals surface area (Å²) in [5.41, 5.74) is 0.914. The molecule has 1 saturated heterocycles. The van der Waals surface area contributed by atoms with Crippen molar-refractivity contribution >= 4 is 56.6 Å². The average Bonchev–Trinajstić information content (AvgIpc) is 3.25. The van der Waals surface area contributed by atoms with E-state index < -0.39 is 0 Å². The highest BCUT2D eigenvalue weighted by Gasteiger charge is 2.25. The number of piperazine rings is 1. The number of benzene rings is 2. The van der Waals surface area contributed by atoms with E-state index in [1.807, 2.05) is 24.3 Å². The highest BCUT2D eigenvalue weighted by atomic mass is 79.9. The number of furan rings is 1. The molecule has 1 aliphatic rings. The lowest BCUT2D eigenvalue weighted by Gasteiger charge is -2.34. The van der Waals surface area contributed by atoms with Gasteiger partial charge in [0.2, 0.25) is 0 Å². The van der Waals surface area contributed by atoms with Crippen molar-refractivity contribution in [3.05, 3.63) is 85.2 Å². The molecule has 0 radical (unpaired) electrons. The van der Waals surface area contributed by atoms with Gasteiger partial charge in [-0.1, -0.05) is 56.8 Å². The lowest BCUT2D eigenvalue weighted by molar-refractivity contribution is 0.0594. The number of amides is 1. The van der Waals surface area contributed by atoms with Crippen molar-refractivity contribution in [2.45, 2.75) is 13.2 Å². The third kappa shape index (κ3) is 5.61. The molecule has 1 aromatic heterocycles. The fourth-order valence-corrected chi connectivity index (χ4v) is 4.73. The van der Waals surface area contributed by atoms with Crippen LogP contribution >= 0.6 is 50.7 Å². The highest BCUT2D eigenvalue weighted by Crippen LogP contribution is 2.29. The lowest BCUT2D eigenvalue weighted by Crippen LogP contribution is -2.48. The van der Waals surface area contributed by atoms with Crippen LogP contribution in [0.3, 0.4) is 0 Å². The molecular weight excluding hydrogens is 539 g/mol. The minimum Gasteiger partial charge on any atom is -0.484 e. The predicted molar refractivity (Wildman–Crippen MR) is 130 cm³/mol. The number of hydrogen-bond donors (Lipinski definition) is 0. The molecule has 0 bridgehead atoms. The zero-order chi connectivity index (χ0) is 22.7. The maximum Gasteiger partial charge on any atom is 0.289 e. The summed E-state index contributed by atoms with van der Waals surface area (Å²) < 4.78 is 12.3. The van der Waals surface area contributed by atoms with E-state index in [0.29, 0.717) is 52.0 Å². The van der Waals surface area contributed by atoms with E-state index in [1.54, 1.807) is 29.2 Å². The molecule has 1 fully saturated rings. The quantitative estimate of drug-likeness (QED) is 0.345. The normalized spacial score (nSPS) is 14.6. The van der Waals surface area contributed by atoms with Crippen molar-refractivity contribution in [3.63, 3.8) is 0 Å². The third-order valence-electron chi connectivity index (χ3n) is 5.24. The van der Waals surface area contributed by atoms with E-state index in [2.05, 4.69) is 20.8 Å². The van der Waals surface area contributed by atoms with Crippen LogP contribution < -0.4 is 4.74 Å². The molecule has 32 heavy (non-hydrogen) atoms. The summed E-state index contributed by atoms with van der Waals surface area (Å²) in [6, 6.07) is 14.3. The van der Waals surface area contributed by atoms with E-state index in [4.69, 9.17) is 44.0 Å². The van der Waals surface area contributed by atoms with Crippen molar-refractivity contribution in [1.82, 2.24) is 9.80 Å². The van der Waals surface area contributed by atoms with E-state index in [0.717, 1.165) is 23.1 Å². The topological polar surface area (TPSA) is 45.9 Å². The summed E-state index contributed by atoms with van der Waals surface area (Å²) >= 11 is 22.1. The molecule has 0 saturated carbocycles. The molecular formula is C23H20BrCl3N2O3. The Labute approximate surface area is 209 Å². The lowest BCUT2D eigenvalue weighted by atomic mass is 10.2. The second-order valence-corrected chi connectivity index (χ2v) is 9.54. The first kappa shape index (κ1) is 23.5. The maximum atomic E-state index is 12.9. The van der Waals surface area contributed by atoms with Crippen LogP contribution in [0.4, 0.5) is 0 Å². The summed E-state index contributed by atoms with van der Waals surface area (Å²) in [5, 5.41) is 1.81. The minimum atomic E-state index is -0.131. The highest BCUT2D eigenvalue weighted by molar-refractivity contribution is 9.10. The minimum absolute atomic E-state index is 0.131. The monoisotopic (exact) mass is 556 g/mol. The Bertz CT molecular complexity index is 1090. The molecule has 5 nitrogen and oxygen atoms in total. The van der Waals surface area contributed by atoms with E-state index >= 15 is 0 Å². The number of rotatable bonds is 6. The Morgan fingerprint density at radius 3 is 2.38 bits per heavy atom. The van der Waals surface area contributed by atoms with Crippen molar-refractivity contribution in [1.29, 1.82) is 0 Å². The zero-order valence-corrected chi connectivity index (χ0v) is 20.8. The number of carbonyl (C=O) groups excluding carboxylic acids is 1. The zero-order valence-electron chi connectivity index (χ0n) is 17.0. The van der Waals surface area contributed by atoms with Gasteiger partial charge in [0.05, 0.1) is 5.02 Å². The van der Waals surface area contributed by atoms with Gasteiger partial charge in [-0.3, -0.25) is 9.69 Å². The van der Waals surface area contributed by atoms with Gasteiger partial charge >= 0.3 is 0 Å². The van der Waals surface area contributed by atoms with Gasteiger partial charge in [0.15, 0.2) is 5.76 Å². The molecule has 2 heterocycles. The van der Waals surface area contributed by atoms with Crippen molar-refractivity contribution in [2.75, 3.05) is 26.2 Å². The van der Waals surface area contributed by atoms with Gasteiger partial charge < -0.3 is 14.1 Å². The molecule has 2 aromatic carbocycles. The number of hydrogen-bond acceptors (Lipinski definition) is 4. The SMILES string of the molecule is O=C(c1ccc(COc2ccc(Br)cc2Cl)o1)N1CCN(Cc2c(Cl)cccc2Cl)CC1. The van der Waals surface area contributed by atoms with E-state index in [-0.39, 0.29) is 12.5 Å². The van der Waals surface area contributed by atoms with Crippen LogP contribution in [-0.4, -0.2) is 41.9 Å². The molecule has 168 valence electrons. The summed E-state index contributed by atoms with van der Waals surface area (Å²) in [7, 11) is 0. The van der Waals surface area contributed by atoms with Crippen molar-refractivity contribution < 1.29 is 13.9 Å². The smallest absolute Gasteiger partial charge is 0.289 e. The molecule has 0 aliphatic carbocycles. The van der Waals surface area contributed by atoms with Gasteiger partial charge in [0.25, 0.3) is 5.91 Å². The van der Waals surface area contributed by atoms with Gasteiger partial charge in [0.1, 0.15) is 18.1 Å². The van der Waals surface area contributed by atoms with Gasteiger partial charge in [-0.25, -0.2) is 0 Å². The summed E-state index contributed by atoms with van der Waals surface area (Å²) in [6.07, 6.45) is 0. The molecule has 3 aromatic rings. The van der Waals surface area contributed by atoms with Crippen molar-refractivity contribution in [2.24, 2.45) is 0 Å². The maximum absolute atomic E-state index is 12.9. The Kier molecular flexibility index (Phi) is 7.69. The van der Waals surface area contributed by atoms with Crippen LogP contribution in [0.1, 0.15) is 21.9 Å². The summed E-state index contributed by atoms with van der Waals surface area (Å²) in [6.45, 7) is 3.49. The Hall–Kier alpha value is -1.70. The first-order chi connectivity index (χ1) is 15.4. The Morgan fingerprint density at radius 2 is 1.69 bits per heavy atom. The Morgan fingerprint density at radius 1 is 0.969 bits per heavy atom. The van der Waals surface area contributed by atoms with Crippen LogP contribution in [0.25, 0.3) is 0 Å². The Balaban J connectivity index is 1.30. The number of nitrogens with zero attached hydrogens (tertiary/aromatic N) is 2. The van der Waals surface area contributed by atoms with Crippen LogP contribution in [0.5, 0.6) is 5.75 Å². The van der Waals surface area contributed by atoms with Gasteiger partial charge in [-0.15, -0.1) is 0 Å². The first-order valence-corrected chi connectivity index (χ1v) is 11.9. The summed E-state index contributed by atoms with van der Waals surface area (Å²) in [5.74, 6) is 1.27. The molecule has 4 rings (SSSR count). The molecule has 1 aliphatic heterocycles. The van der Waals surface area contributed by atoms with Gasteiger partial charge in [-0.05, 0) is 42.5 Å². The fraction of sp³-hybridized carbons (Fsp3) is 0.261. The second kappa shape index (κ2) is 10.5. The number of carbonyl (C=O) groups is 1. The average molecular weight is 559 g/mol. The van der Waals surface area contributed by atoms with Gasteiger partial charge in [-0.2, -0.15) is 0 Å². The van der Waals surface area contributed by atoms with Crippen LogP contribution in [0, 0.1) is 0 Å². The number of halogens is 4. The molecule has 0 atom stereocenters. The second-order valence-electron chi connectivity index (χ2n) is 7.40. The van der Waals surface area contributed by atoms with Crippen LogP contribution in [-0.2, 0) is 13.2 Å². The molecule has 0 unspecified atom stereocenters. The molecule has 1 amide bonds. The van der Waals surface area contributed by atoms with Crippen molar-refractivity contribution in [3.8, 4) is 5.75 Å². The predicted octanol–water partition coefficient (Wildman–Crippen LogP) is 6.54. The fourth-order valence-electron chi connectivity index (χ4n) is 3.48. The van der Waals surface area contributed by atoms with E-state index in [1.165, 1.54) is 0 Å². The first-order valence-electron chi connectivity index (χ1n) is 10.0. The summed E-state index contributed by atoms with van der Waals surface area (Å²) in [4.78, 5) is 16.9. The molecule has 0 N–H and O–H groups in total. The van der Waals surface area contributed by atoms with Gasteiger partial charge in [0, 0.05) is 52.8 Å². The third-order valence-corrected chi connectivity index (χ3v) is 6.74. The van der Waals surface area contributed by atoms with E-state index in [9.17, 15) is 4.79 Å². The largest absolute Gasteiger partial charge is 0.484 e. The van der Waals surface area contributed by atoms with Crippen LogP contribution in [0.15, 0.2) is 57.4 Å². The molecule has 0 spiro atoms. The van der Waals surface area contributed by atoms with Crippen LogP contribution in [0.2, 0.25) is 15.1 Å². The molecule has 9 heteroatoms.